The third-order valence-corrected chi connectivity index (χ3v) is 5.23. The third kappa shape index (κ3) is 4.06. The van der Waals surface area contributed by atoms with Crippen LogP contribution in [0.3, 0.4) is 0 Å². The quantitative estimate of drug-likeness (QED) is 0.760. The first-order chi connectivity index (χ1) is 9.53. The fourth-order valence-electron chi connectivity index (χ4n) is 3.58. The average molecular weight is 280 g/mol. The van der Waals surface area contributed by atoms with E-state index in [-0.39, 0.29) is 5.41 Å². The fourth-order valence-corrected chi connectivity index (χ4v) is 3.58. The monoisotopic (exact) mass is 280 g/mol. The summed E-state index contributed by atoms with van der Waals surface area (Å²) in [6, 6.07) is 1.16. The summed E-state index contributed by atoms with van der Waals surface area (Å²) in [5.74, 6) is 0. The minimum Gasteiger partial charge on any atom is -0.396 e. The summed E-state index contributed by atoms with van der Waals surface area (Å²) in [6.45, 7) is 10.4. The van der Waals surface area contributed by atoms with Gasteiger partial charge in [-0.2, -0.15) is 0 Å². The Morgan fingerprint density at radius 2 is 2.00 bits per heavy atom. The zero-order valence-corrected chi connectivity index (χ0v) is 13.5. The van der Waals surface area contributed by atoms with Gasteiger partial charge in [0.05, 0.1) is 0 Å². The number of nitrogens with zero attached hydrogens (tertiary/aromatic N) is 1. The molecule has 0 bridgehead atoms. The number of hydrogen-bond acceptors (Lipinski definition) is 3. The normalized spacial score (nSPS) is 32.5. The van der Waals surface area contributed by atoms with Gasteiger partial charge in [0.15, 0.2) is 0 Å². The highest BCUT2D eigenvalue weighted by Crippen LogP contribution is 2.38. The second-order valence-electron chi connectivity index (χ2n) is 7.28. The van der Waals surface area contributed by atoms with Gasteiger partial charge < -0.3 is 10.4 Å². The van der Waals surface area contributed by atoms with Crippen molar-refractivity contribution in [2.24, 2.45) is 5.41 Å². The van der Waals surface area contributed by atoms with Crippen LogP contribution in [-0.2, 0) is 0 Å². The Kier molecular flexibility index (Phi) is 5.65. The molecular formula is C17H32N2O. The van der Waals surface area contributed by atoms with Gasteiger partial charge in [-0.1, -0.05) is 25.0 Å². The lowest BCUT2D eigenvalue weighted by Gasteiger charge is -2.37. The maximum absolute atomic E-state index is 9.63. The summed E-state index contributed by atoms with van der Waals surface area (Å²) in [5.41, 5.74) is 1.52. The van der Waals surface area contributed by atoms with E-state index in [0.717, 1.165) is 6.54 Å². The Labute approximate surface area is 124 Å². The third-order valence-electron chi connectivity index (χ3n) is 5.23. The van der Waals surface area contributed by atoms with Gasteiger partial charge in [0.2, 0.25) is 0 Å². The van der Waals surface area contributed by atoms with Crippen LogP contribution in [0.5, 0.6) is 0 Å². The predicted octanol–water partition coefficient (Wildman–Crippen LogP) is 2.56. The lowest BCUT2D eigenvalue weighted by Crippen LogP contribution is -2.50. The van der Waals surface area contributed by atoms with E-state index in [9.17, 15) is 5.11 Å². The van der Waals surface area contributed by atoms with E-state index in [0.29, 0.717) is 18.7 Å². The van der Waals surface area contributed by atoms with E-state index in [1.165, 1.54) is 50.8 Å². The number of aliphatic hydroxyl groups excluding tert-OH is 1. The Morgan fingerprint density at radius 3 is 2.60 bits per heavy atom. The SMILES string of the molecule is CC(C)=CCN1CCC(NC2CCCC2(C)CO)CC1. The molecule has 2 N–H and O–H groups in total. The molecule has 0 aromatic rings. The summed E-state index contributed by atoms with van der Waals surface area (Å²) in [5, 5.41) is 13.5. The van der Waals surface area contributed by atoms with E-state index in [4.69, 9.17) is 0 Å². The lowest BCUT2D eigenvalue weighted by atomic mass is 9.85. The van der Waals surface area contributed by atoms with Crippen LogP contribution in [0.1, 0.15) is 52.9 Å². The van der Waals surface area contributed by atoms with Crippen molar-refractivity contribution >= 4 is 0 Å². The molecule has 0 spiro atoms. The van der Waals surface area contributed by atoms with Gasteiger partial charge in [-0.15, -0.1) is 0 Å². The first-order valence-corrected chi connectivity index (χ1v) is 8.26. The number of allylic oxidation sites excluding steroid dienone is 1. The van der Waals surface area contributed by atoms with Crippen molar-refractivity contribution in [1.82, 2.24) is 10.2 Å². The minimum absolute atomic E-state index is 0.110. The second-order valence-corrected chi connectivity index (χ2v) is 7.28. The molecule has 0 radical (unpaired) electrons. The molecule has 0 amide bonds. The number of piperidine rings is 1. The van der Waals surface area contributed by atoms with Crippen molar-refractivity contribution in [3.8, 4) is 0 Å². The van der Waals surface area contributed by atoms with E-state index < -0.39 is 0 Å². The molecule has 20 heavy (non-hydrogen) atoms. The topological polar surface area (TPSA) is 35.5 Å². The van der Waals surface area contributed by atoms with Crippen LogP contribution in [0.25, 0.3) is 0 Å². The Hall–Kier alpha value is -0.380. The Bertz CT molecular complexity index is 330. The van der Waals surface area contributed by atoms with Crippen molar-refractivity contribution in [2.45, 2.75) is 65.0 Å². The van der Waals surface area contributed by atoms with Gasteiger partial charge in [-0.05, 0) is 52.6 Å². The minimum atomic E-state index is 0.110. The summed E-state index contributed by atoms with van der Waals surface area (Å²) in [6.07, 6.45) is 8.47. The van der Waals surface area contributed by atoms with Gasteiger partial charge in [0.25, 0.3) is 0 Å². The van der Waals surface area contributed by atoms with Crippen LogP contribution >= 0.6 is 0 Å². The fraction of sp³-hybridized carbons (Fsp3) is 0.882. The smallest absolute Gasteiger partial charge is 0.0499 e. The first kappa shape index (κ1) is 16.0. The molecule has 2 fully saturated rings. The number of likely N-dealkylation sites (tertiary alicyclic amines) is 1. The van der Waals surface area contributed by atoms with Crippen molar-refractivity contribution in [1.29, 1.82) is 0 Å². The molecule has 1 saturated heterocycles. The van der Waals surface area contributed by atoms with E-state index in [1.54, 1.807) is 0 Å². The van der Waals surface area contributed by atoms with Gasteiger partial charge >= 0.3 is 0 Å². The highest BCUT2D eigenvalue weighted by molar-refractivity contribution is 4.97. The maximum Gasteiger partial charge on any atom is 0.0499 e. The van der Waals surface area contributed by atoms with E-state index in [2.05, 4.69) is 37.1 Å². The molecule has 2 rings (SSSR count). The Balaban J connectivity index is 1.76. The lowest BCUT2D eigenvalue weighted by molar-refractivity contribution is 0.104. The summed E-state index contributed by atoms with van der Waals surface area (Å²) in [4.78, 5) is 2.55. The number of rotatable bonds is 5. The molecule has 2 aliphatic rings. The number of nitrogens with one attached hydrogen (secondary N) is 1. The highest BCUT2D eigenvalue weighted by Gasteiger charge is 2.39. The zero-order valence-electron chi connectivity index (χ0n) is 13.5. The van der Waals surface area contributed by atoms with Crippen LogP contribution in [0, 0.1) is 5.41 Å². The average Bonchev–Trinajstić information content (AvgIpc) is 2.80. The van der Waals surface area contributed by atoms with Crippen molar-refractivity contribution in [3.05, 3.63) is 11.6 Å². The standard InChI is InChI=1S/C17H32N2O/c1-14(2)6-10-19-11-7-15(8-12-19)18-16-5-4-9-17(16,3)13-20/h6,15-16,18,20H,4-5,7-13H2,1-3H3. The molecule has 1 saturated carbocycles. The van der Waals surface area contributed by atoms with Crippen LogP contribution in [0.4, 0.5) is 0 Å². The first-order valence-electron chi connectivity index (χ1n) is 8.26. The van der Waals surface area contributed by atoms with Crippen molar-refractivity contribution in [3.63, 3.8) is 0 Å². The molecule has 1 heterocycles. The second kappa shape index (κ2) is 7.06. The van der Waals surface area contributed by atoms with E-state index in [1.807, 2.05) is 0 Å². The molecule has 2 unspecified atom stereocenters. The van der Waals surface area contributed by atoms with Gasteiger partial charge in [-0.3, -0.25) is 4.90 Å². The maximum atomic E-state index is 9.63. The Morgan fingerprint density at radius 1 is 1.30 bits per heavy atom. The summed E-state index contributed by atoms with van der Waals surface area (Å²) in [7, 11) is 0. The molecule has 3 nitrogen and oxygen atoms in total. The van der Waals surface area contributed by atoms with Crippen molar-refractivity contribution < 1.29 is 5.11 Å². The predicted molar refractivity (Wildman–Crippen MR) is 84.9 cm³/mol. The molecule has 1 aliphatic heterocycles. The molecule has 0 aromatic heterocycles. The summed E-state index contributed by atoms with van der Waals surface area (Å²) >= 11 is 0. The molecule has 2 atom stereocenters. The van der Waals surface area contributed by atoms with Crippen LogP contribution in [-0.4, -0.2) is 48.3 Å². The largest absolute Gasteiger partial charge is 0.396 e. The number of aliphatic hydroxyl groups is 1. The number of hydrogen-bond donors (Lipinski definition) is 2. The van der Waals surface area contributed by atoms with Crippen LogP contribution in [0.15, 0.2) is 11.6 Å². The molecule has 0 aromatic carbocycles. The van der Waals surface area contributed by atoms with Gasteiger partial charge in [0.1, 0.15) is 0 Å². The van der Waals surface area contributed by atoms with Crippen LogP contribution in [0.2, 0.25) is 0 Å². The van der Waals surface area contributed by atoms with E-state index >= 15 is 0 Å². The zero-order chi connectivity index (χ0) is 14.6. The molecule has 3 heteroatoms. The summed E-state index contributed by atoms with van der Waals surface area (Å²) < 4.78 is 0. The van der Waals surface area contributed by atoms with Gasteiger partial charge in [-0.25, -0.2) is 0 Å². The van der Waals surface area contributed by atoms with Crippen molar-refractivity contribution in [2.75, 3.05) is 26.2 Å². The molecular weight excluding hydrogens is 248 g/mol. The molecule has 116 valence electrons. The molecule has 1 aliphatic carbocycles. The van der Waals surface area contributed by atoms with Gasteiger partial charge in [0, 0.05) is 30.7 Å². The van der Waals surface area contributed by atoms with Crippen LogP contribution < -0.4 is 5.32 Å². The highest BCUT2D eigenvalue weighted by atomic mass is 16.3.